The van der Waals surface area contributed by atoms with Crippen molar-refractivity contribution >= 4 is 8.80 Å². The van der Waals surface area contributed by atoms with E-state index >= 15 is 0 Å². The average molecular weight is 363 g/mol. The molecule has 0 saturated carbocycles. The fourth-order valence-electron chi connectivity index (χ4n) is 3.07. The van der Waals surface area contributed by atoms with E-state index in [-0.39, 0.29) is 12.1 Å². The van der Waals surface area contributed by atoms with Gasteiger partial charge in [-0.2, -0.15) is 0 Å². The number of nitrogens with two attached hydrogens (primary N) is 2. The molecule has 0 aliphatic rings. The third kappa shape index (κ3) is 18.4. The normalized spacial score (nSPS) is 14.8. The predicted molar refractivity (Wildman–Crippen MR) is 103 cm³/mol. The number of hydrogen-bond acceptors (Lipinski definition) is 5. The van der Waals surface area contributed by atoms with Gasteiger partial charge in [0.05, 0.1) is 0 Å². The van der Waals surface area contributed by atoms with Crippen molar-refractivity contribution in [2.45, 2.75) is 115 Å². The highest BCUT2D eigenvalue weighted by Crippen LogP contribution is 2.14. The molecule has 24 heavy (non-hydrogen) atoms. The van der Waals surface area contributed by atoms with Crippen molar-refractivity contribution in [2.75, 3.05) is 0 Å². The molecule has 0 saturated heterocycles. The maximum atomic E-state index is 8.94. The molecule has 0 rings (SSSR count). The molecule has 0 radical (unpaired) electrons. The SMILES string of the molecule is CCCCCCCCC(N)CCCCCC(N)CCC[Si](O)(O)O. The second kappa shape index (κ2) is 15.3. The van der Waals surface area contributed by atoms with Gasteiger partial charge >= 0.3 is 8.80 Å². The highest BCUT2D eigenvalue weighted by atomic mass is 28.4. The van der Waals surface area contributed by atoms with E-state index in [1.165, 1.54) is 44.9 Å². The fourth-order valence-corrected chi connectivity index (χ4v) is 3.75. The zero-order chi connectivity index (χ0) is 18.3. The summed E-state index contributed by atoms with van der Waals surface area (Å²) in [7, 11) is -3.87. The smallest absolute Gasteiger partial charge is 0.390 e. The molecule has 0 aromatic heterocycles. The molecule has 5 nitrogen and oxygen atoms in total. The van der Waals surface area contributed by atoms with Gasteiger partial charge in [0.25, 0.3) is 0 Å². The summed E-state index contributed by atoms with van der Waals surface area (Å²) in [6, 6.07) is 0.535. The first kappa shape index (κ1) is 24.0. The molecule has 7 N–H and O–H groups in total. The van der Waals surface area contributed by atoms with Gasteiger partial charge in [-0.25, -0.2) is 0 Å². The molecule has 0 aliphatic carbocycles. The van der Waals surface area contributed by atoms with E-state index in [0.717, 1.165) is 38.5 Å². The summed E-state index contributed by atoms with van der Waals surface area (Å²) in [6.07, 6.45) is 16.0. The molecule has 0 heterocycles. The van der Waals surface area contributed by atoms with Gasteiger partial charge in [-0.15, -0.1) is 0 Å². The van der Waals surface area contributed by atoms with Gasteiger partial charge in [-0.1, -0.05) is 64.7 Å². The molecule has 2 unspecified atom stereocenters. The van der Waals surface area contributed by atoms with Crippen LogP contribution in [0.1, 0.15) is 96.8 Å². The van der Waals surface area contributed by atoms with Gasteiger partial charge < -0.3 is 25.9 Å². The summed E-state index contributed by atoms with van der Waals surface area (Å²) in [4.78, 5) is 26.8. The highest BCUT2D eigenvalue weighted by molar-refractivity contribution is 6.56. The summed E-state index contributed by atoms with van der Waals surface area (Å²) in [5, 5.41) is 0. The number of rotatable bonds is 17. The van der Waals surface area contributed by atoms with Gasteiger partial charge in [0, 0.05) is 18.1 Å². The molecule has 0 aromatic rings. The highest BCUT2D eigenvalue weighted by Gasteiger charge is 2.25. The first-order chi connectivity index (χ1) is 11.3. The molecule has 146 valence electrons. The summed E-state index contributed by atoms with van der Waals surface area (Å²) in [5.74, 6) is 0. The zero-order valence-corrected chi connectivity index (χ0v) is 16.8. The molecule has 0 fully saturated rings. The van der Waals surface area contributed by atoms with Crippen LogP contribution in [-0.4, -0.2) is 35.3 Å². The minimum Gasteiger partial charge on any atom is -0.390 e. The first-order valence-electron chi connectivity index (χ1n) is 10.0. The summed E-state index contributed by atoms with van der Waals surface area (Å²) < 4.78 is 0. The lowest BCUT2D eigenvalue weighted by Gasteiger charge is -2.14. The van der Waals surface area contributed by atoms with Crippen LogP contribution in [-0.2, 0) is 0 Å². The molecule has 0 amide bonds. The molecular weight excluding hydrogens is 320 g/mol. The van der Waals surface area contributed by atoms with E-state index in [9.17, 15) is 0 Å². The maximum Gasteiger partial charge on any atom is 0.492 e. The second-order valence-corrected chi connectivity index (χ2v) is 9.43. The minimum atomic E-state index is -3.87. The lowest BCUT2D eigenvalue weighted by Crippen LogP contribution is -2.34. The Labute approximate surface area is 150 Å². The van der Waals surface area contributed by atoms with Crippen molar-refractivity contribution in [2.24, 2.45) is 11.5 Å². The third-order valence-electron chi connectivity index (χ3n) is 4.67. The van der Waals surface area contributed by atoms with Crippen LogP contribution >= 0.6 is 0 Å². The summed E-state index contributed by atoms with van der Waals surface area (Å²) in [5.41, 5.74) is 12.2. The Kier molecular flexibility index (Phi) is 15.3. The summed E-state index contributed by atoms with van der Waals surface area (Å²) >= 11 is 0. The minimum absolute atomic E-state index is 0.0913. The van der Waals surface area contributed by atoms with E-state index in [0.29, 0.717) is 12.5 Å². The van der Waals surface area contributed by atoms with Crippen molar-refractivity contribution in [1.82, 2.24) is 0 Å². The zero-order valence-electron chi connectivity index (χ0n) is 15.8. The quantitative estimate of drug-likeness (QED) is 0.202. The standard InChI is InChI=1S/C18H42N2O3Si/c1-2-3-4-5-6-8-12-17(19)13-9-7-10-14-18(20)15-11-16-24(21,22)23/h17-18,21-23H,2-16,19-20H2,1H3. The molecule has 6 heteroatoms. The maximum absolute atomic E-state index is 8.94. The van der Waals surface area contributed by atoms with Crippen molar-refractivity contribution in [1.29, 1.82) is 0 Å². The van der Waals surface area contributed by atoms with Gasteiger partial charge in [0.15, 0.2) is 0 Å². The van der Waals surface area contributed by atoms with Crippen LogP contribution in [0.2, 0.25) is 6.04 Å². The molecule has 2 atom stereocenters. The Bertz CT molecular complexity index is 275. The van der Waals surface area contributed by atoms with Gasteiger partial charge in [-0.3, -0.25) is 0 Å². The predicted octanol–water partition coefficient (Wildman–Crippen LogP) is 3.04. The molecule has 0 spiro atoms. The lowest BCUT2D eigenvalue weighted by atomic mass is 10.00. The van der Waals surface area contributed by atoms with Crippen LogP contribution in [0.4, 0.5) is 0 Å². The van der Waals surface area contributed by atoms with Gasteiger partial charge in [0.1, 0.15) is 0 Å². The van der Waals surface area contributed by atoms with Crippen LogP contribution in [0.15, 0.2) is 0 Å². The molecule has 0 aromatic carbocycles. The third-order valence-corrected chi connectivity index (χ3v) is 5.69. The van der Waals surface area contributed by atoms with Gasteiger partial charge in [0.2, 0.25) is 0 Å². The van der Waals surface area contributed by atoms with E-state index in [1.807, 2.05) is 0 Å². The Morgan fingerprint density at radius 2 is 1.00 bits per heavy atom. The topological polar surface area (TPSA) is 113 Å². The van der Waals surface area contributed by atoms with E-state index in [4.69, 9.17) is 25.9 Å². The van der Waals surface area contributed by atoms with Crippen molar-refractivity contribution in [3.05, 3.63) is 0 Å². The molecule has 0 bridgehead atoms. The van der Waals surface area contributed by atoms with Crippen LogP contribution in [0.5, 0.6) is 0 Å². The Hall–Kier alpha value is 0.0169. The van der Waals surface area contributed by atoms with Crippen molar-refractivity contribution in [3.8, 4) is 0 Å². The number of hydrogen-bond donors (Lipinski definition) is 5. The molecule has 0 aliphatic heterocycles. The molecular formula is C18H42N2O3Si. The average Bonchev–Trinajstić information content (AvgIpc) is 2.49. The Morgan fingerprint density at radius 3 is 1.46 bits per heavy atom. The summed E-state index contributed by atoms with van der Waals surface area (Å²) in [6.45, 7) is 2.24. The van der Waals surface area contributed by atoms with Crippen molar-refractivity contribution < 1.29 is 14.4 Å². The fraction of sp³-hybridized carbons (Fsp3) is 1.00. The Balaban J connectivity index is 3.36. The largest absolute Gasteiger partial charge is 0.492 e. The van der Waals surface area contributed by atoms with Crippen LogP contribution in [0.3, 0.4) is 0 Å². The van der Waals surface area contributed by atoms with Crippen LogP contribution in [0, 0.1) is 0 Å². The number of unbranched alkanes of at least 4 members (excludes halogenated alkanes) is 7. The first-order valence-corrected chi connectivity index (χ1v) is 12.1. The lowest BCUT2D eigenvalue weighted by molar-refractivity contribution is 0.225. The van der Waals surface area contributed by atoms with Crippen LogP contribution < -0.4 is 11.5 Å². The van der Waals surface area contributed by atoms with Crippen molar-refractivity contribution in [3.63, 3.8) is 0 Å². The monoisotopic (exact) mass is 362 g/mol. The Morgan fingerprint density at radius 1 is 0.625 bits per heavy atom. The van der Waals surface area contributed by atoms with Crippen LogP contribution in [0.25, 0.3) is 0 Å². The van der Waals surface area contributed by atoms with E-state index < -0.39 is 8.80 Å². The van der Waals surface area contributed by atoms with E-state index in [1.54, 1.807) is 0 Å². The van der Waals surface area contributed by atoms with E-state index in [2.05, 4.69) is 6.92 Å². The van der Waals surface area contributed by atoms with Gasteiger partial charge in [-0.05, 0) is 32.1 Å². The second-order valence-electron chi connectivity index (χ2n) is 7.38.